The maximum absolute atomic E-state index is 12.8. The van der Waals surface area contributed by atoms with Gasteiger partial charge in [0.1, 0.15) is 5.76 Å². The van der Waals surface area contributed by atoms with Crippen molar-refractivity contribution in [2.45, 2.75) is 31.6 Å². The molecule has 34 heavy (non-hydrogen) atoms. The van der Waals surface area contributed by atoms with Crippen molar-refractivity contribution in [3.8, 4) is 0 Å². The summed E-state index contributed by atoms with van der Waals surface area (Å²) in [4.78, 5) is 25.4. The molecule has 0 atom stereocenters. The lowest BCUT2D eigenvalue weighted by atomic mass is 10.1. The van der Waals surface area contributed by atoms with E-state index in [9.17, 15) is 18.0 Å². The van der Waals surface area contributed by atoms with E-state index >= 15 is 0 Å². The first-order valence-corrected chi connectivity index (χ1v) is 12.8. The molecule has 2 N–H and O–H groups in total. The second-order valence-corrected chi connectivity index (χ2v) is 10.1. The highest BCUT2D eigenvalue weighted by molar-refractivity contribution is 7.88. The molecule has 0 saturated carbocycles. The summed E-state index contributed by atoms with van der Waals surface area (Å²) >= 11 is 0. The molecule has 178 valence electrons. The van der Waals surface area contributed by atoms with E-state index in [2.05, 4.69) is 10.6 Å². The molecule has 3 aromatic rings. The first-order valence-electron chi connectivity index (χ1n) is 11.2. The minimum absolute atomic E-state index is 0.0897. The number of hydrogen-bond acceptors (Lipinski definition) is 5. The van der Waals surface area contributed by atoms with Crippen molar-refractivity contribution in [2.24, 2.45) is 0 Å². The predicted molar refractivity (Wildman–Crippen MR) is 129 cm³/mol. The normalized spacial score (nSPS) is 14.5. The van der Waals surface area contributed by atoms with Gasteiger partial charge in [0.15, 0.2) is 0 Å². The lowest BCUT2D eigenvalue weighted by molar-refractivity contribution is 0.0949. The first kappa shape index (κ1) is 23.7. The van der Waals surface area contributed by atoms with E-state index in [1.54, 1.807) is 65.0 Å². The molecule has 2 amide bonds. The van der Waals surface area contributed by atoms with Gasteiger partial charge in [-0.2, -0.15) is 0 Å². The van der Waals surface area contributed by atoms with Gasteiger partial charge >= 0.3 is 0 Å². The predicted octanol–water partition coefficient (Wildman–Crippen LogP) is 3.78. The van der Waals surface area contributed by atoms with Gasteiger partial charge in [0.25, 0.3) is 11.8 Å². The quantitative estimate of drug-likeness (QED) is 0.509. The van der Waals surface area contributed by atoms with Gasteiger partial charge in [0, 0.05) is 18.7 Å². The molecule has 2 heterocycles. The number of benzene rings is 2. The fourth-order valence-electron chi connectivity index (χ4n) is 3.86. The van der Waals surface area contributed by atoms with Crippen LogP contribution in [0.3, 0.4) is 0 Å². The summed E-state index contributed by atoms with van der Waals surface area (Å²) in [6, 6.07) is 16.7. The topological polar surface area (TPSA) is 109 Å². The number of piperidine rings is 1. The second kappa shape index (κ2) is 10.7. The number of carbonyl (C=O) groups is 2. The van der Waals surface area contributed by atoms with E-state index in [-0.39, 0.29) is 18.2 Å². The summed E-state index contributed by atoms with van der Waals surface area (Å²) in [6.45, 7) is 1.37. The average Bonchev–Trinajstić information content (AvgIpc) is 3.37. The number of sulfonamides is 1. The van der Waals surface area contributed by atoms with Gasteiger partial charge in [-0.1, -0.05) is 30.7 Å². The Balaban J connectivity index is 1.39. The number of anilines is 1. The molecule has 1 aliphatic heterocycles. The maximum Gasteiger partial charge on any atom is 0.255 e. The van der Waals surface area contributed by atoms with E-state index in [4.69, 9.17) is 4.42 Å². The number of para-hydroxylation sites is 1. The number of carbonyl (C=O) groups excluding carboxylic acids is 2. The molecule has 0 radical (unpaired) electrons. The fourth-order valence-corrected chi connectivity index (χ4v) is 5.47. The van der Waals surface area contributed by atoms with E-state index in [0.29, 0.717) is 41.2 Å². The Morgan fingerprint density at radius 1 is 0.882 bits per heavy atom. The Hall–Kier alpha value is -3.43. The smallest absolute Gasteiger partial charge is 0.255 e. The highest BCUT2D eigenvalue weighted by Gasteiger charge is 2.24. The Morgan fingerprint density at radius 2 is 1.62 bits per heavy atom. The molecule has 9 heteroatoms. The molecule has 4 rings (SSSR count). The van der Waals surface area contributed by atoms with Gasteiger partial charge in [0.2, 0.25) is 10.0 Å². The molecule has 0 bridgehead atoms. The van der Waals surface area contributed by atoms with Gasteiger partial charge < -0.3 is 15.1 Å². The van der Waals surface area contributed by atoms with E-state index < -0.39 is 15.9 Å². The highest BCUT2D eigenvalue weighted by atomic mass is 32.2. The summed E-state index contributed by atoms with van der Waals surface area (Å²) in [5.74, 6) is -0.201. The van der Waals surface area contributed by atoms with Crippen molar-refractivity contribution < 1.29 is 22.4 Å². The van der Waals surface area contributed by atoms with Crippen molar-refractivity contribution in [1.29, 1.82) is 0 Å². The van der Waals surface area contributed by atoms with Gasteiger partial charge in [-0.15, -0.1) is 0 Å². The van der Waals surface area contributed by atoms with E-state index in [1.807, 2.05) is 0 Å². The molecule has 2 aromatic carbocycles. The molecular weight excluding hydrogens is 454 g/mol. The third kappa shape index (κ3) is 5.92. The van der Waals surface area contributed by atoms with Crippen LogP contribution in [0, 0.1) is 0 Å². The molecule has 8 nitrogen and oxygen atoms in total. The Morgan fingerprint density at radius 3 is 2.32 bits per heavy atom. The molecule has 1 aliphatic rings. The third-order valence-corrected chi connectivity index (χ3v) is 7.55. The van der Waals surface area contributed by atoms with Crippen LogP contribution in [0.4, 0.5) is 5.69 Å². The van der Waals surface area contributed by atoms with Crippen molar-refractivity contribution in [1.82, 2.24) is 9.62 Å². The lowest BCUT2D eigenvalue weighted by Crippen LogP contribution is -2.36. The Bertz CT molecular complexity index is 1230. The molecular formula is C25H27N3O5S. The third-order valence-electron chi connectivity index (χ3n) is 5.70. The van der Waals surface area contributed by atoms with Crippen LogP contribution in [0.25, 0.3) is 0 Å². The van der Waals surface area contributed by atoms with E-state index in [1.165, 1.54) is 6.26 Å². The van der Waals surface area contributed by atoms with Gasteiger partial charge in [0.05, 0.1) is 29.8 Å². The van der Waals surface area contributed by atoms with Gasteiger partial charge in [-0.25, -0.2) is 12.7 Å². The van der Waals surface area contributed by atoms with Gasteiger partial charge in [-0.3, -0.25) is 9.59 Å². The molecule has 0 aliphatic carbocycles. The number of nitrogens with one attached hydrogen (secondary N) is 2. The SMILES string of the molecule is O=C(Nc1ccccc1C(=O)NCc1ccco1)c1ccc(CS(=O)(=O)N2CCCCC2)cc1. The van der Waals surface area contributed by atoms with Crippen molar-refractivity contribution in [3.05, 3.63) is 89.4 Å². The zero-order chi connectivity index (χ0) is 24.0. The number of amides is 2. The Labute approximate surface area is 199 Å². The van der Waals surface area contributed by atoms with Crippen LogP contribution in [0.1, 0.15) is 51.3 Å². The molecule has 0 spiro atoms. The van der Waals surface area contributed by atoms with Crippen LogP contribution in [0.2, 0.25) is 0 Å². The zero-order valence-electron chi connectivity index (χ0n) is 18.7. The summed E-state index contributed by atoms with van der Waals surface area (Å²) < 4.78 is 32.1. The summed E-state index contributed by atoms with van der Waals surface area (Å²) in [6.07, 6.45) is 4.37. The minimum atomic E-state index is -3.37. The van der Waals surface area contributed by atoms with Crippen molar-refractivity contribution in [3.63, 3.8) is 0 Å². The van der Waals surface area contributed by atoms with Crippen LogP contribution in [0.5, 0.6) is 0 Å². The second-order valence-electron chi connectivity index (χ2n) is 8.17. The Kier molecular flexibility index (Phi) is 7.44. The number of rotatable bonds is 8. The summed E-state index contributed by atoms with van der Waals surface area (Å²) in [5, 5.41) is 5.54. The number of nitrogens with zero attached hydrogens (tertiary/aromatic N) is 1. The molecule has 1 fully saturated rings. The number of hydrogen-bond donors (Lipinski definition) is 2. The lowest BCUT2D eigenvalue weighted by Gasteiger charge is -2.25. The molecule has 0 unspecified atom stereocenters. The standard InChI is InChI=1S/C25H27N3O5S/c29-24(20-12-10-19(11-13-20)18-34(31,32)28-14-4-1-5-15-28)27-23-9-3-2-8-22(23)25(30)26-17-21-7-6-16-33-21/h2-3,6-13,16H,1,4-5,14-15,17-18H2,(H,26,30)(H,27,29). The minimum Gasteiger partial charge on any atom is -0.467 e. The summed E-state index contributed by atoms with van der Waals surface area (Å²) in [5.41, 5.74) is 1.69. The van der Waals surface area contributed by atoms with Crippen LogP contribution in [-0.4, -0.2) is 37.6 Å². The largest absolute Gasteiger partial charge is 0.467 e. The zero-order valence-corrected chi connectivity index (χ0v) is 19.5. The van der Waals surface area contributed by atoms with Crippen LogP contribution < -0.4 is 10.6 Å². The summed E-state index contributed by atoms with van der Waals surface area (Å²) in [7, 11) is -3.37. The van der Waals surface area contributed by atoms with Crippen LogP contribution in [-0.2, 0) is 22.3 Å². The molecule has 1 saturated heterocycles. The van der Waals surface area contributed by atoms with Crippen molar-refractivity contribution >= 4 is 27.5 Å². The van der Waals surface area contributed by atoms with Crippen LogP contribution in [0.15, 0.2) is 71.3 Å². The fraction of sp³-hybridized carbons (Fsp3) is 0.280. The highest BCUT2D eigenvalue weighted by Crippen LogP contribution is 2.19. The average molecular weight is 482 g/mol. The monoisotopic (exact) mass is 481 g/mol. The van der Waals surface area contributed by atoms with E-state index in [0.717, 1.165) is 19.3 Å². The van der Waals surface area contributed by atoms with Crippen LogP contribution >= 0.6 is 0 Å². The number of furan rings is 1. The maximum atomic E-state index is 12.8. The first-order chi connectivity index (χ1) is 16.4. The molecule has 1 aromatic heterocycles. The van der Waals surface area contributed by atoms with Crippen molar-refractivity contribution in [2.75, 3.05) is 18.4 Å². The van der Waals surface area contributed by atoms with Gasteiger partial charge in [-0.05, 0) is 54.8 Å².